The number of hydrogen-bond donors (Lipinski definition) is 0. The van der Waals surface area contributed by atoms with Gasteiger partial charge in [-0.1, -0.05) is 169 Å². The van der Waals surface area contributed by atoms with E-state index in [9.17, 15) is 0 Å². The van der Waals surface area contributed by atoms with Crippen LogP contribution in [0.15, 0.2) is 228 Å². The summed E-state index contributed by atoms with van der Waals surface area (Å²) < 4.78 is 2.46. The zero-order valence-corrected chi connectivity index (χ0v) is 34.8. The van der Waals surface area contributed by atoms with Gasteiger partial charge in [0.1, 0.15) is 0 Å². The third-order valence-electron chi connectivity index (χ3n) is 12.5. The molecule has 0 saturated heterocycles. The zero-order chi connectivity index (χ0) is 41.4. The maximum Gasteiger partial charge on any atom is 0.160 e. The van der Waals surface area contributed by atoms with Gasteiger partial charge in [-0.25, -0.2) is 9.97 Å². The highest BCUT2D eigenvalue weighted by molar-refractivity contribution is 7.99. The van der Waals surface area contributed by atoms with Gasteiger partial charge in [0, 0.05) is 59.4 Å². The van der Waals surface area contributed by atoms with Crippen LogP contribution in [0.2, 0.25) is 0 Å². The molecule has 0 aliphatic carbocycles. The van der Waals surface area contributed by atoms with Crippen molar-refractivity contribution in [3.8, 4) is 39.5 Å². The maximum atomic E-state index is 5.37. The molecular formula is C58H36N4S. The Morgan fingerprint density at radius 1 is 0.397 bits per heavy atom. The van der Waals surface area contributed by atoms with Crippen molar-refractivity contribution in [2.24, 2.45) is 0 Å². The van der Waals surface area contributed by atoms with Crippen LogP contribution in [0.4, 0.5) is 17.1 Å². The molecule has 63 heavy (non-hydrogen) atoms. The zero-order valence-electron chi connectivity index (χ0n) is 34.0. The molecule has 0 fully saturated rings. The number of anilines is 3. The first-order valence-corrected chi connectivity index (χ1v) is 22.1. The van der Waals surface area contributed by atoms with Crippen LogP contribution in [-0.4, -0.2) is 14.5 Å². The monoisotopic (exact) mass is 820 g/mol. The lowest BCUT2D eigenvalue weighted by atomic mass is 9.99. The first kappa shape index (κ1) is 35.7. The first-order valence-electron chi connectivity index (χ1n) is 21.3. The van der Waals surface area contributed by atoms with Crippen molar-refractivity contribution < 1.29 is 0 Å². The van der Waals surface area contributed by atoms with Gasteiger partial charge < -0.3 is 9.47 Å². The Hall–Kier alpha value is -7.99. The van der Waals surface area contributed by atoms with Gasteiger partial charge in [-0.05, 0) is 82.4 Å². The van der Waals surface area contributed by atoms with Crippen molar-refractivity contribution in [2.75, 3.05) is 4.90 Å². The van der Waals surface area contributed by atoms with Crippen molar-refractivity contribution in [3.63, 3.8) is 0 Å². The van der Waals surface area contributed by atoms with Crippen LogP contribution in [0.25, 0.3) is 93.7 Å². The summed E-state index contributed by atoms with van der Waals surface area (Å²) in [5.41, 5.74) is 13.1. The fourth-order valence-electron chi connectivity index (χ4n) is 9.71. The molecule has 294 valence electrons. The molecule has 0 radical (unpaired) electrons. The smallest absolute Gasteiger partial charge is 0.160 e. The van der Waals surface area contributed by atoms with Gasteiger partial charge in [-0.15, -0.1) is 0 Å². The molecule has 10 aromatic carbocycles. The average molecular weight is 821 g/mol. The minimum absolute atomic E-state index is 0.695. The average Bonchev–Trinajstić information content (AvgIpc) is 3.71. The molecule has 0 spiro atoms. The summed E-state index contributed by atoms with van der Waals surface area (Å²) >= 11 is 1.84. The van der Waals surface area contributed by atoms with Gasteiger partial charge in [0.2, 0.25) is 0 Å². The van der Waals surface area contributed by atoms with E-state index < -0.39 is 0 Å². The molecule has 12 aromatic rings. The van der Waals surface area contributed by atoms with E-state index >= 15 is 0 Å². The topological polar surface area (TPSA) is 34.0 Å². The molecule has 1 aliphatic rings. The standard InChI is InChI=1S/C58H36N4S/c1-3-17-39(18-4-1)55-48-32-29-38-16-8-10-24-45(38)56(48)60-58(59-55)41-19-13-22-43(35-41)62-51-34-30-37-15-7-9-23-44(37)54(51)47-26-14-25-46(57(47)62)40-31-33-50-53(36-40)63-52-28-12-11-27-49(52)61(50)42-20-5-2-6-21-42/h1-36H. The Morgan fingerprint density at radius 3 is 1.94 bits per heavy atom. The highest BCUT2D eigenvalue weighted by Gasteiger charge is 2.26. The highest BCUT2D eigenvalue weighted by Crippen LogP contribution is 2.53. The van der Waals surface area contributed by atoms with Crippen molar-refractivity contribution in [1.82, 2.24) is 14.5 Å². The van der Waals surface area contributed by atoms with Gasteiger partial charge in [0.15, 0.2) is 5.82 Å². The number of benzene rings is 10. The number of nitrogens with zero attached hydrogens (tertiary/aromatic N) is 4. The molecule has 2 aromatic heterocycles. The second-order valence-corrected chi connectivity index (χ2v) is 17.2. The van der Waals surface area contributed by atoms with E-state index in [2.05, 4.69) is 228 Å². The molecule has 0 unspecified atom stereocenters. The molecule has 1 aliphatic heterocycles. The first-order chi connectivity index (χ1) is 31.2. The van der Waals surface area contributed by atoms with Crippen molar-refractivity contribution in [1.29, 1.82) is 0 Å². The summed E-state index contributed by atoms with van der Waals surface area (Å²) in [5.74, 6) is 0.695. The minimum atomic E-state index is 0.695. The molecule has 0 bridgehead atoms. The van der Waals surface area contributed by atoms with E-state index in [1.165, 1.54) is 53.8 Å². The molecule has 0 amide bonds. The summed E-state index contributed by atoms with van der Waals surface area (Å²) in [6.45, 7) is 0. The van der Waals surface area contributed by atoms with Crippen LogP contribution in [0, 0.1) is 0 Å². The third kappa shape index (κ3) is 5.71. The Labute approximate surface area is 368 Å². The number of fused-ring (bicyclic) bond motifs is 10. The highest BCUT2D eigenvalue weighted by atomic mass is 32.2. The lowest BCUT2D eigenvalue weighted by Gasteiger charge is -2.33. The summed E-state index contributed by atoms with van der Waals surface area (Å²) in [4.78, 5) is 15.6. The lowest BCUT2D eigenvalue weighted by Crippen LogP contribution is -2.14. The largest absolute Gasteiger partial charge is 0.309 e. The predicted octanol–water partition coefficient (Wildman–Crippen LogP) is 16.0. The van der Waals surface area contributed by atoms with Gasteiger partial charge in [0.05, 0.1) is 33.6 Å². The van der Waals surface area contributed by atoms with Crippen LogP contribution in [0.3, 0.4) is 0 Å². The Kier molecular flexibility index (Phi) is 8.11. The van der Waals surface area contributed by atoms with Crippen molar-refractivity contribution in [2.45, 2.75) is 9.79 Å². The molecule has 13 rings (SSSR count). The van der Waals surface area contributed by atoms with Crippen LogP contribution in [0.1, 0.15) is 0 Å². The van der Waals surface area contributed by atoms with E-state index in [1.54, 1.807) is 0 Å². The third-order valence-corrected chi connectivity index (χ3v) is 13.6. The number of hydrogen-bond acceptors (Lipinski definition) is 4. The van der Waals surface area contributed by atoms with Gasteiger partial charge in [-0.3, -0.25) is 0 Å². The Bertz CT molecular complexity index is 3780. The van der Waals surface area contributed by atoms with Gasteiger partial charge in [-0.2, -0.15) is 0 Å². The van der Waals surface area contributed by atoms with E-state index in [0.29, 0.717) is 5.82 Å². The van der Waals surface area contributed by atoms with Gasteiger partial charge in [0.25, 0.3) is 0 Å². The molecule has 0 N–H and O–H groups in total. The number of aromatic nitrogens is 3. The summed E-state index contributed by atoms with van der Waals surface area (Å²) in [6, 6.07) is 78.6. The van der Waals surface area contributed by atoms with Crippen LogP contribution >= 0.6 is 11.8 Å². The molecular weight excluding hydrogens is 785 g/mol. The van der Waals surface area contributed by atoms with Gasteiger partial charge >= 0.3 is 0 Å². The lowest BCUT2D eigenvalue weighted by molar-refractivity contribution is 1.16. The minimum Gasteiger partial charge on any atom is -0.309 e. The number of rotatable bonds is 5. The van der Waals surface area contributed by atoms with Crippen molar-refractivity contribution in [3.05, 3.63) is 218 Å². The quantitative estimate of drug-likeness (QED) is 0.162. The molecule has 0 saturated carbocycles. The van der Waals surface area contributed by atoms with Crippen LogP contribution < -0.4 is 4.90 Å². The molecule has 0 atom stereocenters. The van der Waals surface area contributed by atoms with E-state index in [0.717, 1.165) is 60.9 Å². The Morgan fingerprint density at radius 2 is 1.06 bits per heavy atom. The maximum absolute atomic E-state index is 5.37. The second-order valence-electron chi connectivity index (χ2n) is 16.1. The summed E-state index contributed by atoms with van der Waals surface area (Å²) in [6.07, 6.45) is 0. The predicted molar refractivity (Wildman–Crippen MR) is 264 cm³/mol. The van der Waals surface area contributed by atoms with E-state index in [1.807, 2.05) is 11.8 Å². The summed E-state index contributed by atoms with van der Waals surface area (Å²) in [5, 5.41) is 8.23. The normalized spacial score (nSPS) is 12.3. The molecule has 3 heterocycles. The second kappa shape index (κ2) is 14.3. The van der Waals surface area contributed by atoms with Crippen LogP contribution in [0.5, 0.6) is 0 Å². The van der Waals surface area contributed by atoms with Crippen LogP contribution in [-0.2, 0) is 0 Å². The number of para-hydroxylation sites is 3. The molecule has 4 nitrogen and oxygen atoms in total. The van der Waals surface area contributed by atoms with E-state index in [4.69, 9.17) is 9.97 Å². The summed E-state index contributed by atoms with van der Waals surface area (Å²) in [7, 11) is 0. The van der Waals surface area contributed by atoms with Crippen molar-refractivity contribution >= 4 is 83.1 Å². The Balaban J connectivity index is 1.04. The SMILES string of the molecule is c1ccc(-c2nc(-c3cccc(-n4c5ccc6ccccc6c5c5cccc(-c6ccc7c(c6)Sc6ccccc6N7c6ccccc6)c54)c3)nc3c2ccc2ccccc23)cc1. The molecule has 5 heteroatoms. The fraction of sp³-hybridized carbons (Fsp3) is 0. The van der Waals surface area contributed by atoms with E-state index in [-0.39, 0.29) is 0 Å². The fourth-order valence-corrected chi connectivity index (χ4v) is 10.8.